The molecule has 1 fully saturated rings. The Hall–Kier alpha value is -2.47. The molecular weight excluding hydrogens is 345 g/mol. The predicted molar refractivity (Wildman–Crippen MR) is 103 cm³/mol. The fourth-order valence-electron chi connectivity index (χ4n) is 3.62. The summed E-state index contributed by atoms with van der Waals surface area (Å²) in [7, 11) is 0. The van der Waals surface area contributed by atoms with Crippen LogP contribution in [-0.4, -0.2) is 35.0 Å². The zero-order chi connectivity index (χ0) is 19.2. The molecule has 2 heterocycles. The molecule has 0 unspecified atom stereocenters. The highest BCUT2D eigenvalue weighted by atomic mass is 19.1. The van der Waals surface area contributed by atoms with Crippen LogP contribution in [0.25, 0.3) is 0 Å². The van der Waals surface area contributed by atoms with Gasteiger partial charge in [0.05, 0.1) is 6.04 Å². The van der Waals surface area contributed by atoms with E-state index in [1.165, 1.54) is 18.2 Å². The first-order valence-corrected chi connectivity index (χ1v) is 9.47. The van der Waals surface area contributed by atoms with Crippen LogP contribution in [0, 0.1) is 12.7 Å². The van der Waals surface area contributed by atoms with Gasteiger partial charge < -0.3 is 9.88 Å². The lowest BCUT2D eigenvalue weighted by molar-refractivity contribution is -0.121. The van der Waals surface area contributed by atoms with Gasteiger partial charge >= 0.3 is 0 Å². The van der Waals surface area contributed by atoms with Crippen LogP contribution in [0.1, 0.15) is 36.6 Å². The Morgan fingerprint density at radius 3 is 2.52 bits per heavy atom. The number of nitrogens with one attached hydrogen (secondary N) is 1. The summed E-state index contributed by atoms with van der Waals surface area (Å²) in [6.07, 6.45) is 2.53. The number of rotatable bonds is 7. The summed E-state index contributed by atoms with van der Waals surface area (Å²) in [5, 5.41) is 2.99. The summed E-state index contributed by atoms with van der Waals surface area (Å²) in [5.41, 5.74) is 1.76. The van der Waals surface area contributed by atoms with Gasteiger partial charge in [0.1, 0.15) is 5.82 Å². The maximum atomic E-state index is 13.3. The highest BCUT2D eigenvalue weighted by molar-refractivity contribution is 5.75. The average molecular weight is 371 g/mol. The largest absolute Gasteiger partial charge is 0.354 e. The van der Waals surface area contributed by atoms with E-state index in [2.05, 4.69) is 10.2 Å². The van der Waals surface area contributed by atoms with E-state index in [-0.39, 0.29) is 29.7 Å². The minimum Gasteiger partial charge on any atom is -0.354 e. The summed E-state index contributed by atoms with van der Waals surface area (Å²) in [6.45, 7) is 4.67. The van der Waals surface area contributed by atoms with Gasteiger partial charge in [-0.25, -0.2) is 4.39 Å². The molecule has 1 aliphatic heterocycles. The van der Waals surface area contributed by atoms with Crippen LogP contribution in [0.4, 0.5) is 4.39 Å². The highest BCUT2D eigenvalue weighted by Crippen LogP contribution is 2.24. The van der Waals surface area contributed by atoms with Crippen LogP contribution in [0.15, 0.2) is 47.3 Å². The van der Waals surface area contributed by atoms with Crippen molar-refractivity contribution in [3.05, 3.63) is 69.9 Å². The van der Waals surface area contributed by atoms with Crippen LogP contribution in [0.2, 0.25) is 0 Å². The van der Waals surface area contributed by atoms with Gasteiger partial charge in [0.15, 0.2) is 0 Å². The number of likely N-dealkylation sites (tertiary alicyclic amines) is 1. The number of amides is 1. The molecule has 1 aromatic carbocycles. The number of hydrogen-bond donors (Lipinski definition) is 1. The summed E-state index contributed by atoms with van der Waals surface area (Å²) in [4.78, 5) is 26.6. The van der Waals surface area contributed by atoms with Crippen molar-refractivity contribution >= 4 is 5.91 Å². The van der Waals surface area contributed by atoms with Crippen molar-refractivity contribution < 1.29 is 9.18 Å². The quantitative estimate of drug-likeness (QED) is 0.814. The van der Waals surface area contributed by atoms with E-state index >= 15 is 0 Å². The molecule has 1 aromatic heterocycles. The second kappa shape index (κ2) is 8.95. The van der Waals surface area contributed by atoms with Crippen LogP contribution < -0.4 is 10.9 Å². The predicted octanol–water partition coefficient (Wildman–Crippen LogP) is 2.64. The highest BCUT2D eigenvalue weighted by Gasteiger charge is 2.24. The van der Waals surface area contributed by atoms with Gasteiger partial charge in [0.2, 0.25) is 5.91 Å². The Balaban J connectivity index is 1.60. The Kier molecular flexibility index (Phi) is 6.40. The van der Waals surface area contributed by atoms with E-state index < -0.39 is 0 Å². The Morgan fingerprint density at radius 2 is 1.85 bits per heavy atom. The number of nitrogens with zero attached hydrogens (tertiary/aromatic N) is 2. The van der Waals surface area contributed by atoms with Crippen molar-refractivity contribution in [1.82, 2.24) is 14.8 Å². The van der Waals surface area contributed by atoms with Crippen LogP contribution in [0.3, 0.4) is 0 Å². The SMILES string of the molecule is Cc1cccc(=O)n1CCC(=O)NC[C@@H](c1ccc(F)cc1)N1CCCC1. The van der Waals surface area contributed by atoms with Crippen molar-refractivity contribution in [2.24, 2.45) is 0 Å². The molecule has 1 aliphatic rings. The van der Waals surface area contributed by atoms with Crippen LogP contribution >= 0.6 is 0 Å². The minimum absolute atomic E-state index is 0.0400. The molecule has 5 nitrogen and oxygen atoms in total. The van der Waals surface area contributed by atoms with Crippen LogP contribution in [-0.2, 0) is 11.3 Å². The minimum atomic E-state index is -0.258. The molecule has 0 saturated carbocycles. The van der Waals surface area contributed by atoms with Gasteiger partial charge in [-0.1, -0.05) is 18.2 Å². The number of aromatic nitrogens is 1. The number of halogens is 1. The normalized spacial score (nSPS) is 15.6. The lowest BCUT2D eigenvalue weighted by Crippen LogP contribution is -2.37. The lowest BCUT2D eigenvalue weighted by atomic mass is 10.1. The molecule has 3 rings (SSSR count). The Bertz CT molecular complexity index is 826. The average Bonchev–Trinajstić information content (AvgIpc) is 3.17. The Labute approximate surface area is 158 Å². The number of pyridine rings is 1. The third-order valence-corrected chi connectivity index (χ3v) is 5.16. The molecule has 0 radical (unpaired) electrons. The van der Waals surface area contributed by atoms with Gasteiger partial charge in [-0.3, -0.25) is 14.5 Å². The molecule has 0 bridgehead atoms. The van der Waals surface area contributed by atoms with Gasteiger partial charge in [-0.2, -0.15) is 0 Å². The molecule has 0 aliphatic carbocycles. The molecule has 1 N–H and O–H groups in total. The fourth-order valence-corrected chi connectivity index (χ4v) is 3.62. The second-order valence-corrected chi connectivity index (χ2v) is 7.02. The number of aryl methyl sites for hydroxylation is 1. The molecule has 144 valence electrons. The van der Waals surface area contributed by atoms with E-state index in [0.29, 0.717) is 13.1 Å². The van der Waals surface area contributed by atoms with E-state index in [1.54, 1.807) is 22.8 Å². The summed E-state index contributed by atoms with van der Waals surface area (Å²) in [6, 6.07) is 11.6. The van der Waals surface area contributed by atoms with Crippen LogP contribution in [0.5, 0.6) is 0 Å². The van der Waals surface area contributed by atoms with Crippen molar-refractivity contribution in [3.8, 4) is 0 Å². The molecule has 27 heavy (non-hydrogen) atoms. The first-order chi connectivity index (χ1) is 13.0. The molecule has 6 heteroatoms. The fraction of sp³-hybridized carbons (Fsp3) is 0.429. The standard InChI is InChI=1S/C21H26FN3O2/c1-16-5-4-6-21(27)25(16)14-11-20(26)23-15-19(24-12-2-3-13-24)17-7-9-18(22)10-8-17/h4-10,19H,2-3,11-15H2,1H3,(H,23,26)/t19-/m0/s1. The van der Waals surface area contributed by atoms with Gasteiger partial charge in [0.25, 0.3) is 5.56 Å². The molecule has 1 amide bonds. The second-order valence-electron chi connectivity index (χ2n) is 7.02. The summed E-state index contributed by atoms with van der Waals surface area (Å²) < 4.78 is 14.9. The van der Waals surface area contributed by atoms with E-state index in [4.69, 9.17) is 0 Å². The zero-order valence-corrected chi connectivity index (χ0v) is 15.7. The van der Waals surface area contributed by atoms with E-state index in [9.17, 15) is 14.0 Å². The monoisotopic (exact) mass is 371 g/mol. The van der Waals surface area contributed by atoms with E-state index in [0.717, 1.165) is 37.2 Å². The third kappa shape index (κ3) is 5.04. The zero-order valence-electron chi connectivity index (χ0n) is 15.7. The lowest BCUT2D eigenvalue weighted by Gasteiger charge is -2.28. The van der Waals surface area contributed by atoms with Gasteiger partial charge in [0, 0.05) is 31.3 Å². The molecule has 2 aromatic rings. The maximum Gasteiger partial charge on any atom is 0.250 e. The maximum absolute atomic E-state index is 13.3. The molecule has 1 saturated heterocycles. The smallest absolute Gasteiger partial charge is 0.250 e. The number of carbonyl (C=O) groups excluding carboxylic acids is 1. The first-order valence-electron chi connectivity index (χ1n) is 9.47. The number of carbonyl (C=O) groups is 1. The van der Waals surface area contributed by atoms with Crippen molar-refractivity contribution in [3.63, 3.8) is 0 Å². The first kappa shape index (κ1) is 19.3. The van der Waals surface area contributed by atoms with Crippen molar-refractivity contribution in [1.29, 1.82) is 0 Å². The van der Waals surface area contributed by atoms with Crippen molar-refractivity contribution in [2.75, 3.05) is 19.6 Å². The van der Waals surface area contributed by atoms with Gasteiger partial charge in [-0.05, 0) is 56.6 Å². The van der Waals surface area contributed by atoms with Gasteiger partial charge in [-0.15, -0.1) is 0 Å². The van der Waals surface area contributed by atoms with E-state index in [1.807, 2.05) is 13.0 Å². The number of hydrogen-bond acceptors (Lipinski definition) is 3. The number of benzene rings is 1. The topological polar surface area (TPSA) is 54.3 Å². The molecule has 0 spiro atoms. The Morgan fingerprint density at radius 1 is 1.15 bits per heavy atom. The molecular formula is C21H26FN3O2. The summed E-state index contributed by atoms with van der Waals surface area (Å²) >= 11 is 0. The third-order valence-electron chi connectivity index (χ3n) is 5.16. The van der Waals surface area contributed by atoms with Crippen molar-refractivity contribution in [2.45, 2.75) is 38.8 Å². The summed E-state index contributed by atoms with van der Waals surface area (Å²) in [5.74, 6) is -0.344. The molecule has 1 atom stereocenters.